The molecule has 3 heteroatoms. The van der Waals surface area contributed by atoms with Gasteiger partial charge in [-0.3, -0.25) is 0 Å². The zero-order chi connectivity index (χ0) is 4.20. The van der Waals surface area contributed by atoms with Gasteiger partial charge in [-0.1, -0.05) is 0 Å². The Morgan fingerprint density at radius 1 is 1.50 bits per heavy atom. The van der Waals surface area contributed by atoms with E-state index in [1.807, 2.05) is 0 Å². The maximum Gasteiger partial charge on any atom is 1.00 e. The summed E-state index contributed by atoms with van der Waals surface area (Å²) in [5, 5.41) is 0.553. The molecule has 0 amide bonds. The summed E-state index contributed by atoms with van der Waals surface area (Å²) < 4.78 is 0. The Morgan fingerprint density at radius 2 is 1.88 bits per heavy atom. The van der Waals surface area contributed by atoms with Gasteiger partial charge in [0.2, 0.25) is 0 Å². The van der Waals surface area contributed by atoms with Crippen molar-refractivity contribution in [3.63, 3.8) is 0 Å². The van der Waals surface area contributed by atoms with Crippen LogP contribution in [0.1, 0.15) is 12.8 Å². The van der Waals surface area contributed by atoms with Crippen molar-refractivity contribution in [2.75, 3.05) is 0 Å². The number of thiol groups is 1. The Balaban J connectivity index is 0.000000245. The van der Waals surface area contributed by atoms with Gasteiger partial charge in [0.15, 0.2) is 0 Å². The number of hydrogen-bond donors (Lipinski definition) is 1. The van der Waals surface area contributed by atoms with Gasteiger partial charge in [0, 0.05) is 11.7 Å². The normalized spacial score (nSPS) is 34.9. The molecule has 0 heterocycles. The van der Waals surface area contributed by atoms with E-state index in [4.69, 9.17) is 0 Å². The van der Waals surface area contributed by atoms with Crippen molar-refractivity contribution in [3.05, 3.63) is 6.42 Å². The van der Waals surface area contributed by atoms with Gasteiger partial charge in [-0.2, -0.15) is 12.6 Å². The van der Waals surface area contributed by atoms with Crippen LogP contribution in [0, 0.1) is 11.8 Å². The van der Waals surface area contributed by atoms with E-state index < -0.39 is 0 Å². The molecule has 0 aliphatic heterocycles. The zero-order valence-electron chi connectivity index (χ0n) is 4.82. The number of rotatable bonds is 0. The minimum absolute atomic E-state index is 0. The first kappa shape index (κ1) is 9.43. The van der Waals surface area contributed by atoms with Crippen LogP contribution in [0.3, 0.4) is 0 Å². The molecule has 0 bridgehead atoms. The van der Waals surface area contributed by atoms with Gasteiger partial charge in [-0.15, -0.1) is 0 Å². The molecule has 2 saturated carbocycles. The van der Waals surface area contributed by atoms with Gasteiger partial charge in [0.05, 0.1) is 0 Å². The molecule has 0 N–H and O–H groups in total. The second kappa shape index (κ2) is 2.58. The van der Waals surface area contributed by atoms with Crippen LogP contribution in [0.15, 0.2) is 0 Å². The summed E-state index contributed by atoms with van der Waals surface area (Å²) in [6.07, 6.45) is 5.97. The molecule has 1 spiro atoms. The van der Waals surface area contributed by atoms with Gasteiger partial charge in [-0.05, 0) is 18.3 Å². The average molecular weight is 185 g/mol. The van der Waals surface area contributed by atoms with Crippen molar-refractivity contribution >= 4 is 12.6 Å². The van der Waals surface area contributed by atoms with Gasteiger partial charge in [0.25, 0.3) is 0 Å². The molecule has 2 fully saturated rings. The van der Waals surface area contributed by atoms with E-state index in [-0.39, 0.29) is 35.8 Å². The third-order valence-corrected chi connectivity index (χ3v) is 2.28. The maximum absolute atomic E-state index is 4.21. The second-order valence-corrected chi connectivity index (χ2v) is 2.72. The first-order valence-corrected chi connectivity index (χ1v) is 2.81. The predicted molar refractivity (Wildman–Crippen MR) is 27.7 cm³/mol. The summed E-state index contributed by atoms with van der Waals surface area (Å²) in [6, 6.07) is 0. The zero-order valence-corrected chi connectivity index (χ0v) is 7.30. The fourth-order valence-corrected chi connectivity index (χ4v) is 1.30. The minimum Gasteiger partial charge on any atom is -1.00 e. The Labute approximate surface area is 78.2 Å². The standard InChI is InChI=1S/C5H6S.BrH.Li/c6-4-3-5(4)1-2-5;;/h4,6H,1-2H2;1H;/q;;+1/p-1. The topological polar surface area (TPSA) is 0 Å². The van der Waals surface area contributed by atoms with E-state index in [0.717, 1.165) is 0 Å². The summed E-state index contributed by atoms with van der Waals surface area (Å²) >= 11 is 4.21. The van der Waals surface area contributed by atoms with Crippen molar-refractivity contribution in [2.45, 2.75) is 18.1 Å². The molecule has 2 aliphatic rings. The summed E-state index contributed by atoms with van der Waals surface area (Å²) in [6.45, 7) is 0. The van der Waals surface area contributed by atoms with Gasteiger partial charge in [0.1, 0.15) is 0 Å². The maximum atomic E-state index is 4.21. The van der Waals surface area contributed by atoms with Crippen LogP contribution in [0.25, 0.3) is 0 Å². The smallest absolute Gasteiger partial charge is 1.00 e. The summed E-state index contributed by atoms with van der Waals surface area (Å²) in [4.78, 5) is 0. The Kier molecular flexibility index (Phi) is 3.04. The van der Waals surface area contributed by atoms with Crippen LogP contribution < -0.4 is 35.8 Å². The number of hydrogen-bond acceptors (Lipinski definition) is 1. The molecular weight excluding hydrogens is 179 g/mol. The molecule has 0 nitrogen and oxygen atoms in total. The molecule has 2 rings (SSSR count). The SMILES string of the molecule is SC1[C]C12CC2.[Br-].[Li+]. The van der Waals surface area contributed by atoms with Crippen LogP contribution in [0.2, 0.25) is 0 Å². The van der Waals surface area contributed by atoms with E-state index in [0.29, 0.717) is 10.7 Å². The molecular formula is C5H6BrLiS. The van der Waals surface area contributed by atoms with E-state index in [2.05, 4.69) is 19.0 Å². The van der Waals surface area contributed by atoms with Crippen LogP contribution in [0.5, 0.6) is 0 Å². The molecule has 8 heavy (non-hydrogen) atoms. The van der Waals surface area contributed by atoms with Crippen LogP contribution in [0.4, 0.5) is 0 Å². The molecule has 0 aromatic rings. The Hall–Kier alpha value is 1.43. The molecule has 0 aromatic carbocycles. The summed E-state index contributed by atoms with van der Waals surface area (Å²) in [5.41, 5.74) is 0.573. The Morgan fingerprint density at radius 3 is 1.88 bits per heavy atom. The van der Waals surface area contributed by atoms with Crippen molar-refractivity contribution in [1.29, 1.82) is 0 Å². The van der Waals surface area contributed by atoms with E-state index in [9.17, 15) is 0 Å². The van der Waals surface area contributed by atoms with Crippen molar-refractivity contribution < 1.29 is 35.8 Å². The summed E-state index contributed by atoms with van der Waals surface area (Å²) in [5.74, 6) is 0. The Bertz CT molecular complexity index is 92.4. The van der Waals surface area contributed by atoms with E-state index in [1.54, 1.807) is 0 Å². The van der Waals surface area contributed by atoms with Gasteiger partial charge in [-0.25, -0.2) is 0 Å². The molecule has 40 valence electrons. The first-order valence-electron chi connectivity index (χ1n) is 2.29. The largest absolute Gasteiger partial charge is 1.00 e. The monoisotopic (exact) mass is 184 g/mol. The second-order valence-electron chi connectivity index (χ2n) is 2.20. The summed E-state index contributed by atoms with van der Waals surface area (Å²) in [7, 11) is 0. The number of halogens is 1. The fraction of sp³-hybridized carbons (Fsp3) is 0.800. The molecule has 1 atom stereocenters. The van der Waals surface area contributed by atoms with Crippen LogP contribution in [-0.2, 0) is 0 Å². The molecule has 2 aliphatic carbocycles. The first-order chi connectivity index (χ1) is 2.83. The molecule has 2 radical (unpaired) electrons. The van der Waals surface area contributed by atoms with E-state index in [1.165, 1.54) is 12.8 Å². The van der Waals surface area contributed by atoms with Crippen molar-refractivity contribution in [3.8, 4) is 0 Å². The molecule has 0 aromatic heterocycles. The predicted octanol–water partition coefficient (Wildman–Crippen LogP) is -4.83. The van der Waals surface area contributed by atoms with Gasteiger partial charge < -0.3 is 17.0 Å². The van der Waals surface area contributed by atoms with Crippen molar-refractivity contribution in [2.24, 2.45) is 5.41 Å². The molecule has 1 unspecified atom stereocenters. The molecule has 0 saturated heterocycles. The fourth-order valence-electron chi connectivity index (χ4n) is 0.783. The third-order valence-electron chi connectivity index (χ3n) is 1.65. The minimum atomic E-state index is 0. The van der Waals surface area contributed by atoms with Crippen LogP contribution in [-0.4, -0.2) is 5.25 Å². The third kappa shape index (κ3) is 1.29. The van der Waals surface area contributed by atoms with Crippen LogP contribution >= 0.6 is 12.6 Å². The van der Waals surface area contributed by atoms with Gasteiger partial charge >= 0.3 is 18.9 Å². The average Bonchev–Trinajstić information content (AvgIpc) is 2.25. The van der Waals surface area contributed by atoms with E-state index >= 15 is 0 Å². The quantitative estimate of drug-likeness (QED) is 0.284. The van der Waals surface area contributed by atoms with Crippen molar-refractivity contribution in [1.82, 2.24) is 0 Å².